The first-order valence-electron chi connectivity index (χ1n) is 30.1. The maximum Gasteiger partial charge on any atom is 0.330 e. The van der Waals surface area contributed by atoms with Crippen LogP contribution in [0.1, 0.15) is 203 Å². The smallest absolute Gasteiger partial charge is 0.330 e. The van der Waals surface area contributed by atoms with Crippen LogP contribution in [0.3, 0.4) is 0 Å². The lowest BCUT2D eigenvalue weighted by Gasteiger charge is -2.19. The molecule has 0 spiro atoms. The zero-order chi connectivity index (χ0) is 60.1. The maximum absolute atomic E-state index is 13.0. The third kappa shape index (κ3) is 33.3. The Morgan fingerprint density at radius 1 is 0.627 bits per heavy atom. The summed E-state index contributed by atoms with van der Waals surface area (Å²) in [6, 6.07) is 5.06. The van der Waals surface area contributed by atoms with Gasteiger partial charge >= 0.3 is 29.8 Å². The molecule has 2 heterocycles. The van der Waals surface area contributed by atoms with E-state index in [2.05, 4.69) is 87.7 Å². The van der Waals surface area contributed by atoms with Gasteiger partial charge in [-0.15, -0.1) is 0 Å². The molecule has 3 aromatic rings. The Hall–Kier alpha value is -7.44. The van der Waals surface area contributed by atoms with Gasteiger partial charge in [-0.1, -0.05) is 127 Å². The second-order valence-electron chi connectivity index (χ2n) is 20.6. The number of benzene rings is 1. The van der Waals surface area contributed by atoms with Crippen molar-refractivity contribution < 1.29 is 52.8 Å². The van der Waals surface area contributed by atoms with E-state index in [0.717, 1.165) is 95.2 Å². The van der Waals surface area contributed by atoms with Crippen LogP contribution in [-0.4, -0.2) is 99.8 Å². The van der Waals surface area contributed by atoms with E-state index in [4.69, 9.17) is 30.4 Å². The fourth-order valence-corrected chi connectivity index (χ4v) is 8.56. The number of carbonyl (C=O) groups excluding carboxylic acids is 5. The third-order valence-electron chi connectivity index (χ3n) is 13.4. The van der Waals surface area contributed by atoms with Crippen LogP contribution in [0.5, 0.6) is 0 Å². The van der Waals surface area contributed by atoms with Crippen molar-refractivity contribution in [2.75, 3.05) is 43.2 Å². The number of carboxylic acids is 1. The van der Waals surface area contributed by atoms with Crippen LogP contribution in [0.15, 0.2) is 91.2 Å². The van der Waals surface area contributed by atoms with Gasteiger partial charge in [0.2, 0.25) is 5.95 Å². The van der Waals surface area contributed by atoms with Gasteiger partial charge in [-0.05, 0) is 114 Å². The number of aromatic nitrogens is 4. The lowest BCUT2D eigenvalue weighted by Crippen LogP contribution is -2.41. The minimum Gasteiger partial charge on any atom is -0.480 e. The zero-order valence-corrected chi connectivity index (χ0v) is 49.7. The summed E-state index contributed by atoms with van der Waals surface area (Å²) < 4.78 is 21.7. The number of nitrogens with one attached hydrogen (secondary N) is 1. The number of unbranched alkanes of at least 4 members (excludes halogenated alkanes) is 16. The summed E-state index contributed by atoms with van der Waals surface area (Å²) in [4.78, 5) is 94.4. The number of esters is 4. The van der Waals surface area contributed by atoms with Gasteiger partial charge in [0.25, 0.3) is 5.91 Å². The quantitative estimate of drug-likeness (QED) is 0.0134. The molecule has 2 atom stereocenters. The molecular weight excluding hydrogens is 1060 g/mol. The number of nitrogens with two attached hydrogens (primary N) is 2. The predicted molar refractivity (Wildman–Crippen MR) is 326 cm³/mol. The predicted octanol–water partition coefficient (Wildman–Crippen LogP) is 12.3. The average Bonchev–Trinajstić information content (AvgIpc) is 3.52. The fourth-order valence-electron chi connectivity index (χ4n) is 8.56. The number of amides is 1. The van der Waals surface area contributed by atoms with E-state index in [9.17, 15) is 33.9 Å². The van der Waals surface area contributed by atoms with Crippen LogP contribution < -0.4 is 21.7 Å². The number of carbonyl (C=O) groups is 6. The Morgan fingerprint density at radius 3 is 1.80 bits per heavy atom. The van der Waals surface area contributed by atoms with Gasteiger partial charge in [-0.3, -0.25) is 19.2 Å². The van der Waals surface area contributed by atoms with Crippen LogP contribution in [0.25, 0.3) is 11.2 Å². The van der Waals surface area contributed by atoms with E-state index in [1.807, 2.05) is 11.9 Å². The lowest BCUT2D eigenvalue weighted by atomic mass is 10.1. The summed E-state index contributed by atoms with van der Waals surface area (Å²) in [6.07, 6.45) is 44.4. The molecule has 0 aliphatic carbocycles. The number of aliphatic carboxylic acids is 1. The Kier molecular flexibility index (Phi) is 37.2. The second kappa shape index (κ2) is 44.2. The highest BCUT2D eigenvalue weighted by Crippen LogP contribution is 2.20. The first kappa shape index (κ1) is 69.8. The molecule has 2 aromatic heterocycles. The normalized spacial score (nSPS) is 12.4. The van der Waals surface area contributed by atoms with Crippen molar-refractivity contribution >= 4 is 64.4 Å². The minimum atomic E-state index is -1.39. The van der Waals surface area contributed by atoms with Crippen molar-refractivity contribution in [1.82, 2.24) is 25.3 Å². The van der Waals surface area contributed by atoms with Gasteiger partial charge in [0.05, 0.1) is 25.0 Å². The molecule has 1 aromatic carbocycles. The summed E-state index contributed by atoms with van der Waals surface area (Å²) in [6.45, 7) is 4.16. The Labute approximate surface area is 492 Å². The van der Waals surface area contributed by atoms with E-state index in [1.165, 1.54) is 63.2 Å². The van der Waals surface area contributed by atoms with Gasteiger partial charge in [0.1, 0.15) is 25.4 Å². The Balaban J connectivity index is 1.38. The zero-order valence-electron chi connectivity index (χ0n) is 49.7. The number of nitrogens with zero attached hydrogens (tertiary/aromatic N) is 5. The van der Waals surface area contributed by atoms with Crippen LogP contribution in [-0.2, 0) is 49.5 Å². The van der Waals surface area contributed by atoms with Crippen LogP contribution >= 0.6 is 0 Å². The first-order chi connectivity index (χ1) is 40.3. The molecule has 0 radical (unpaired) electrons. The molecular formula is C64H94N8O11. The number of allylic oxidation sites excluding steroid dienone is 8. The van der Waals surface area contributed by atoms with Crippen molar-refractivity contribution in [2.45, 2.75) is 206 Å². The largest absolute Gasteiger partial charge is 0.480 e. The molecule has 83 heavy (non-hydrogen) atoms. The van der Waals surface area contributed by atoms with Crippen molar-refractivity contribution in [3.8, 4) is 0 Å². The molecule has 0 fully saturated rings. The molecule has 1 amide bonds. The highest BCUT2D eigenvalue weighted by Gasteiger charge is 2.23. The van der Waals surface area contributed by atoms with Crippen LogP contribution in [0, 0.1) is 0 Å². The molecule has 0 saturated heterocycles. The van der Waals surface area contributed by atoms with E-state index in [-0.39, 0.29) is 80.9 Å². The van der Waals surface area contributed by atoms with E-state index < -0.39 is 41.9 Å². The van der Waals surface area contributed by atoms with Crippen molar-refractivity contribution in [1.29, 1.82) is 0 Å². The van der Waals surface area contributed by atoms with Gasteiger partial charge in [0.15, 0.2) is 17.0 Å². The lowest BCUT2D eigenvalue weighted by molar-refractivity contribution is -0.161. The van der Waals surface area contributed by atoms with E-state index >= 15 is 0 Å². The molecule has 456 valence electrons. The molecule has 0 saturated carbocycles. The number of nitrogen functional groups attached to an aromatic ring is 2. The average molecular weight is 1150 g/mol. The summed E-state index contributed by atoms with van der Waals surface area (Å²) in [7, 11) is 1.81. The van der Waals surface area contributed by atoms with Gasteiger partial charge in [-0.25, -0.2) is 19.6 Å². The van der Waals surface area contributed by atoms with Gasteiger partial charge in [0, 0.05) is 50.1 Å². The highest BCUT2D eigenvalue weighted by molar-refractivity contribution is 5.97. The Morgan fingerprint density at radius 2 is 1.18 bits per heavy atom. The summed E-state index contributed by atoms with van der Waals surface area (Å²) in [5, 5.41) is 12.3. The summed E-state index contributed by atoms with van der Waals surface area (Å²) >= 11 is 0. The Bertz CT molecular complexity index is 2530. The van der Waals surface area contributed by atoms with Crippen molar-refractivity contribution in [2.24, 2.45) is 0 Å². The standard InChI is InChI=1S/C64H94N8O11/c1-4-6-8-10-12-14-16-18-20-22-24-26-28-30-32-35-56(74)82-49-53(83-58(76)36-33-31-29-27-25-23-21-19-17-15-13-11-9-7-5-2)44-46-81-55(73)37-34-45-80-57(75)43-42-54(63(78)79)69-62(77)50-38-40-52(41-39-50)72(3)48-51-47-67-61-59(68-51)60(65)70-64(66)71-61/h13-16,19-22,34,37-41,47,53-54H,4-12,17-18,23-33,35-36,42-46,48-49H2,1-3H3,(H,69,77)(H,78,79)(H4,65,66,67,70,71)/b15-13-,16-14-,21-19-,22-20-,37-34+/t53-,54-/m0/s1. The molecule has 3 rings (SSSR count). The fraction of sp³-hybridized carbons (Fsp3) is 0.562. The molecule has 6 N–H and O–H groups in total. The van der Waals surface area contributed by atoms with Crippen molar-refractivity contribution in [3.63, 3.8) is 0 Å². The number of anilines is 3. The van der Waals surface area contributed by atoms with E-state index in [1.54, 1.807) is 18.3 Å². The number of rotatable bonds is 46. The minimum absolute atomic E-state index is 0.00669. The number of carboxylic acid groups (broad SMARTS) is 1. The molecule has 0 bridgehead atoms. The molecule has 0 aliphatic heterocycles. The highest BCUT2D eigenvalue weighted by atomic mass is 16.6. The number of fused-ring (bicyclic) bond motifs is 1. The summed E-state index contributed by atoms with van der Waals surface area (Å²) in [5.41, 5.74) is 13.7. The number of hydrogen-bond donors (Lipinski definition) is 4. The van der Waals surface area contributed by atoms with Gasteiger partial charge < -0.3 is 45.7 Å². The molecule has 19 nitrogen and oxygen atoms in total. The number of ether oxygens (including phenoxy) is 4. The second-order valence-corrected chi connectivity index (χ2v) is 20.6. The third-order valence-corrected chi connectivity index (χ3v) is 13.4. The summed E-state index contributed by atoms with van der Waals surface area (Å²) in [5.74, 6) is -4.18. The molecule has 0 aliphatic rings. The molecule has 19 heteroatoms. The van der Waals surface area contributed by atoms with E-state index in [0.29, 0.717) is 30.6 Å². The topological polar surface area (TPSA) is 278 Å². The van der Waals surface area contributed by atoms with Gasteiger partial charge in [-0.2, -0.15) is 9.97 Å². The number of hydrogen-bond acceptors (Lipinski definition) is 17. The first-order valence-corrected chi connectivity index (χ1v) is 30.1. The van der Waals surface area contributed by atoms with Crippen LogP contribution in [0.2, 0.25) is 0 Å². The van der Waals surface area contributed by atoms with Crippen molar-refractivity contribution in [3.05, 3.63) is 102 Å². The molecule has 0 unspecified atom stereocenters. The monoisotopic (exact) mass is 1150 g/mol. The maximum atomic E-state index is 13.0. The van der Waals surface area contributed by atoms with Crippen LogP contribution in [0.4, 0.5) is 17.5 Å². The SMILES string of the molecule is CCCCC/C=C\C/C=C\CCCCCCCC(=O)O[C@@H](CCOC(=O)/C=C/COC(=O)CC[C@H](NC(=O)c1ccc(N(C)Cc2cnc3nc(N)nc(N)c3n2)cc1)C(=O)O)COC(=O)CCCCCC/C=C\C/C=C\CCCCCC.